The normalized spacial score (nSPS) is 11.2. The number of carbonyl (C=O) groups excluding carboxylic acids is 2. The first-order valence-corrected chi connectivity index (χ1v) is 11.5. The lowest BCUT2D eigenvalue weighted by Gasteiger charge is -2.09. The van der Waals surface area contributed by atoms with Crippen molar-refractivity contribution in [2.45, 2.75) is 6.42 Å². The summed E-state index contributed by atoms with van der Waals surface area (Å²) in [4.78, 5) is 32.5. The van der Waals surface area contributed by atoms with Gasteiger partial charge in [0.05, 0.1) is 16.6 Å². The van der Waals surface area contributed by atoms with E-state index in [1.807, 2.05) is 18.2 Å². The largest absolute Gasteiger partial charge is 0.435 e. The SMILES string of the molecule is CN/C(=C\C=N)c1ccc2sc(NC(=O)Cc3ccc(Oc4ncccc4C(N)=O)c(F)c3)nc2c1. The monoisotopic (exact) mass is 504 g/mol. The Labute approximate surface area is 209 Å². The summed E-state index contributed by atoms with van der Waals surface area (Å²) in [6, 6.07) is 12.7. The number of anilines is 1. The van der Waals surface area contributed by atoms with Crippen molar-refractivity contribution in [3.8, 4) is 11.6 Å². The Morgan fingerprint density at radius 3 is 2.78 bits per heavy atom. The van der Waals surface area contributed by atoms with Crippen LogP contribution in [0, 0.1) is 11.2 Å². The molecule has 0 radical (unpaired) electrons. The molecule has 0 saturated carbocycles. The molecule has 0 fully saturated rings. The molecule has 0 bridgehead atoms. The third kappa shape index (κ3) is 5.53. The summed E-state index contributed by atoms with van der Waals surface area (Å²) in [5, 5.41) is 13.5. The molecule has 0 saturated heterocycles. The molecule has 0 spiro atoms. The first-order chi connectivity index (χ1) is 17.4. The maximum absolute atomic E-state index is 14.6. The molecule has 11 heteroatoms. The van der Waals surface area contributed by atoms with Gasteiger partial charge >= 0.3 is 0 Å². The van der Waals surface area contributed by atoms with Gasteiger partial charge < -0.3 is 26.5 Å². The van der Waals surface area contributed by atoms with Gasteiger partial charge in [0.2, 0.25) is 11.8 Å². The molecule has 4 rings (SSSR count). The minimum absolute atomic E-state index is 0.0243. The molecule has 5 N–H and O–H groups in total. The highest BCUT2D eigenvalue weighted by Crippen LogP contribution is 2.29. The molecule has 2 aromatic heterocycles. The van der Waals surface area contributed by atoms with Gasteiger partial charge in [0.1, 0.15) is 5.56 Å². The first-order valence-electron chi connectivity index (χ1n) is 10.7. The quantitative estimate of drug-likeness (QED) is 0.253. The van der Waals surface area contributed by atoms with Gasteiger partial charge in [0, 0.05) is 25.2 Å². The molecular weight excluding hydrogens is 483 g/mol. The molecule has 2 heterocycles. The number of halogens is 1. The highest BCUT2D eigenvalue weighted by molar-refractivity contribution is 7.22. The summed E-state index contributed by atoms with van der Waals surface area (Å²) in [5.41, 5.74) is 8.09. The summed E-state index contributed by atoms with van der Waals surface area (Å²) in [6.45, 7) is 0. The Balaban J connectivity index is 1.45. The van der Waals surface area contributed by atoms with E-state index < -0.39 is 11.7 Å². The molecule has 36 heavy (non-hydrogen) atoms. The second kappa shape index (κ2) is 10.7. The number of fused-ring (bicyclic) bond motifs is 1. The second-order valence-corrected chi connectivity index (χ2v) is 8.54. The maximum Gasteiger partial charge on any atom is 0.254 e. The number of nitrogens with one attached hydrogen (secondary N) is 3. The number of allylic oxidation sites excluding steroid dienone is 1. The van der Waals surface area contributed by atoms with Gasteiger partial charge in [0.15, 0.2) is 16.7 Å². The molecule has 182 valence electrons. The number of primary amides is 1. The van der Waals surface area contributed by atoms with Gasteiger partial charge in [-0.2, -0.15) is 0 Å². The molecule has 2 amide bonds. The van der Waals surface area contributed by atoms with Crippen LogP contribution in [0.2, 0.25) is 0 Å². The molecular formula is C25H21FN6O3S. The van der Waals surface area contributed by atoms with E-state index in [1.54, 1.807) is 19.2 Å². The van der Waals surface area contributed by atoms with Crippen molar-refractivity contribution in [1.29, 1.82) is 5.41 Å². The number of hydrogen-bond donors (Lipinski definition) is 4. The van der Waals surface area contributed by atoms with Crippen LogP contribution < -0.4 is 21.1 Å². The van der Waals surface area contributed by atoms with E-state index in [1.165, 1.54) is 48.0 Å². The number of amides is 2. The molecule has 0 unspecified atom stereocenters. The highest BCUT2D eigenvalue weighted by atomic mass is 32.1. The van der Waals surface area contributed by atoms with Gasteiger partial charge in [-0.05, 0) is 53.6 Å². The van der Waals surface area contributed by atoms with Crippen molar-refractivity contribution in [2.24, 2.45) is 5.73 Å². The number of nitrogens with zero attached hydrogens (tertiary/aromatic N) is 2. The van der Waals surface area contributed by atoms with Crippen LogP contribution in [0.4, 0.5) is 9.52 Å². The minimum Gasteiger partial charge on any atom is -0.435 e. The Bertz CT molecular complexity index is 1500. The zero-order valence-corrected chi connectivity index (χ0v) is 19.9. The van der Waals surface area contributed by atoms with Crippen LogP contribution >= 0.6 is 11.3 Å². The predicted molar refractivity (Wildman–Crippen MR) is 137 cm³/mol. The van der Waals surface area contributed by atoms with Crippen molar-refractivity contribution < 1.29 is 18.7 Å². The molecule has 0 atom stereocenters. The Morgan fingerprint density at radius 2 is 2.06 bits per heavy atom. The topological polar surface area (TPSA) is 143 Å². The van der Waals surface area contributed by atoms with E-state index in [0.717, 1.165) is 16.0 Å². The molecule has 0 aliphatic carbocycles. The van der Waals surface area contributed by atoms with Gasteiger partial charge in [-0.1, -0.05) is 23.5 Å². The van der Waals surface area contributed by atoms with E-state index in [4.69, 9.17) is 15.9 Å². The fraction of sp³-hybridized carbons (Fsp3) is 0.0800. The van der Waals surface area contributed by atoms with Crippen LogP contribution in [0.3, 0.4) is 0 Å². The highest BCUT2D eigenvalue weighted by Gasteiger charge is 2.15. The number of thiazole rings is 1. The van der Waals surface area contributed by atoms with Crippen LogP contribution in [-0.4, -0.2) is 35.0 Å². The summed E-state index contributed by atoms with van der Waals surface area (Å²) in [6.07, 6.45) is 4.15. The van der Waals surface area contributed by atoms with E-state index in [-0.39, 0.29) is 29.5 Å². The van der Waals surface area contributed by atoms with Crippen LogP contribution in [0.5, 0.6) is 11.6 Å². The van der Waals surface area contributed by atoms with Crippen LogP contribution in [0.15, 0.2) is 60.8 Å². The average molecular weight is 505 g/mol. The number of ether oxygens (including phenoxy) is 1. The van der Waals surface area contributed by atoms with Crippen LogP contribution in [-0.2, 0) is 11.2 Å². The Kier molecular flexibility index (Phi) is 7.31. The lowest BCUT2D eigenvalue weighted by Crippen LogP contribution is -2.14. The number of aromatic nitrogens is 2. The van der Waals surface area contributed by atoms with Crippen molar-refractivity contribution in [1.82, 2.24) is 15.3 Å². The van der Waals surface area contributed by atoms with Crippen LogP contribution in [0.25, 0.3) is 15.9 Å². The van der Waals surface area contributed by atoms with Gasteiger partial charge in [-0.25, -0.2) is 14.4 Å². The Hall–Kier alpha value is -4.64. The molecule has 0 aliphatic rings. The fourth-order valence-electron chi connectivity index (χ4n) is 3.41. The van der Waals surface area contributed by atoms with E-state index in [9.17, 15) is 14.0 Å². The lowest BCUT2D eigenvalue weighted by atomic mass is 10.1. The summed E-state index contributed by atoms with van der Waals surface area (Å²) < 4.78 is 20.9. The third-order valence-electron chi connectivity index (χ3n) is 5.07. The maximum atomic E-state index is 14.6. The number of hydrogen-bond acceptors (Lipinski definition) is 8. The smallest absolute Gasteiger partial charge is 0.254 e. The number of nitrogens with two attached hydrogens (primary N) is 1. The summed E-state index contributed by atoms with van der Waals surface area (Å²) in [7, 11) is 1.77. The molecule has 0 aliphatic heterocycles. The summed E-state index contributed by atoms with van der Waals surface area (Å²) in [5.74, 6) is -2.08. The van der Waals surface area contributed by atoms with E-state index >= 15 is 0 Å². The average Bonchev–Trinajstić information content (AvgIpc) is 3.25. The number of carbonyl (C=O) groups is 2. The van der Waals surface area contributed by atoms with Crippen molar-refractivity contribution in [2.75, 3.05) is 12.4 Å². The zero-order chi connectivity index (χ0) is 25.7. The first kappa shape index (κ1) is 24.5. The number of rotatable bonds is 9. The molecule has 9 nitrogen and oxygen atoms in total. The van der Waals surface area contributed by atoms with Crippen LogP contribution in [0.1, 0.15) is 21.5 Å². The van der Waals surface area contributed by atoms with E-state index in [2.05, 4.69) is 20.6 Å². The number of benzene rings is 2. The van der Waals surface area contributed by atoms with E-state index in [0.29, 0.717) is 16.2 Å². The zero-order valence-electron chi connectivity index (χ0n) is 19.0. The Morgan fingerprint density at radius 1 is 1.22 bits per heavy atom. The standard InChI is InChI=1S/C25H21FN6O3S/c1-29-18(8-9-27)15-5-7-21-19(13-15)31-25(36-21)32-22(33)12-14-4-6-20(17(26)11-14)35-24-16(23(28)34)3-2-10-30-24/h2-11,13,27,29H,12H2,1H3,(H2,28,34)(H,31,32,33)/b18-8-,27-9?. The van der Waals surface area contributed by atoms with Gasteiger partial charge in [-0.15, -0.1) is 0 Å². The minimum atomic E-state index is -0.747. The third-order valence-corrected chi connectivity index (χ3v) is 6.02. The lowest BCUT2D eigenvalue weighted by molar-refractivity contribution is -0.115. The van der Waals surface area contributed by atoms with Crippen molar-refractivity contribution in [3.05, 3.63) is 83.3 Å². The summed E-state index contributed by atoms with van der Waals surface area (Å²) >= 11 is 1.32. The van der Waals surface area contributed by atoms with Gasteiger partial charge in [-0.3, -0.25) is 9.59 Å². The second-order valence-electron chi connectivity index (χ2n) is 7.51. The van der Waals surface area contributed by atoms with Crippen molar-refractivity contribution in [3.63, 3.8) is 0 Å². The fourth-order valence-corrected chi connectivity index (χ4v) is 4.27. The number of pyridine rings is 1. The molecule has 4 aromatic rings. The van der Waals surface area contributed by atoms with Crippen molar-refractivity contribution >= 4 is 50.4 Å². The van der Waals surface area contributed by atoms with Gasteiger partial charge in [0.25, 0.3) is 5.91 Å². The predicted octanol–water partition coefficient (Wildman–Crippen LogP) is 4.11. The molecule has 2 aromatic carbocycles.